The van der Waals surface area contributed by atoms with E-state index in [4.69, 9.17) is 24.9 Å². The van der Waals surface area contributed by atoms with E-state index in [1.165, 1.54) is 11.1 Å². The van der Waals surface area contributed by atoms with Gasteiger partial charge < -0.3 is 20.4 Å². The third-order valence-corrected chi connectivity index (χ3v) is 6.85. The van der Waals surface area contributed by atoms with Crippen LogP contribution in [-0.2, 0) is 22.4 Å². The smallest absolute Gasteiger partial charge is 0.483 e. The highest BCUT2D eigenvalue weighted by Crippen LogP contribution is 2.25. The van der Waals surface area contributed by atoms with Crippen molar-refractivity contribution in [3.05, 3.63) is 89.6 Å². The molecule has 0 atom stereocenters. The first-order valence-corrected chi connectivity index (χ1v) is 14.6. The van der Waals surface area contributed by atoms with E-state index in [0.29, 0.717) is 17.3 Å². The van der Waals surface area contributed by atoms with Crippen LogP contribution in [0.15, 0.2) is 72.9 Å². The molecule has 1 amide bonds. The second-order valence-corrected chi connectivity index (χ2v) is 10.3. The van der Waals surface area contributed by atoms with Crippen LogP contribution < -0.4 is 10.2 Å². The van der Waals surface area contributed by atoms with Crippen molar-refractivity contribution in [2.45, 2.75) is 51.9 Å². The lowest BCUT2D eigenvalue weighted by molar-refractivity contribution is -0.192. The number of aromatic nitrogens is 3. The Morgan fingerprint density at radius 1 is 0.979 bits per heavy atom. The third kappa shape index (κ3) is 13.7. The second kappa shape index (κ2) is 19.5. The summed E-state index contributed by atoms with van der Waals surface area (Å²) in [5, 5.41) is 21.7. The van der Waals surface area contributed by atoms with Crippen LogP contribution in [0.1, 0.15) is 47.7 Å². The van der Waals surface area contributed by atoms with Crippen molar-refractivity contribution in [2.24, 2.45) is 5.92 Å². The maximum atomic E-state index is 12.6. The fraction of sp³-hybridized carbons (Fsp3) is 0.344. The summed E-state index contributed by atoms with van der Waals surface area (Å²) < 4.78 is 62.5. The molecular weight excluding hydrogens is 648 g/mol. The normalized spacial score (nSPS) is 12.9. The van der Waals surface area contributed by atoms with Gasteiger partial charge in [0.25, 0.3) is 12.4 Å². The van der Waals surface area contributed by atoms with Crippen molar-refractivity contribution in [3.63, 3.8) is 0 Å². The van der Waals surface area contributed by atoms with Gasteiger partial charge in [-0.1, -0.05) is 55.8 Å². The number of fused-ring (bicyclic) bond motifs is 1. The SMILES string of the molecule is CCCc1ccc(C(=O)Nc2cn3nc(N4CCC(Cc5ccccc5)CC4)ccc3n2)cc1.FC(F)F.O=C(O)C(F)(F)F.O=CO. The van der Waals surface area contributed by atoms with E-state index >= 15 is 0 Å². The lowest BCUT2D eigenvalue weighted by Gasteiger charge is -2.32. The number of piperidine rings is 1. The van der Waals surface area contributed by atoms with E-state index < -0.39 is 18.8 Å². The van der Waals surface area contributed by atoms with Crippen LogP contribution in [0.5, 0.6) is 0 Å². The Kier molecular flexibility index (Phi) is 15.9. The molecule has 260 valence electrons. The van der Waals surface area contributed by atoms with Gasteiger partial charge in [-0.3, -0.25) is 9.59 Å². The number of aliphatic carboxylic acids is 1. The fourth-order valence-electron chi connectivity index (χ4n) is 4.71. The van der Waals surface area contributed by atoms with Crippen LogP contribution in [0.3, 0.4) is 0 Å². The summed E-state index contributed by atoms with van der Waals surface area (Å²) in [6.07, 6.45) is 2.28. The molecule has 0 aliphatic carbocycles. The molecule has 1 saturated heterocycles. The molecule has 2 aromatic heterocycles. The number of amides is 1. The van der Waals surface area contributed by atoms with E-state index in [0.717, 1.165) is 56.7 Å². The number of halogens is 6. The van der Waals surface area contributed by atoms with Gasteiger partial charge in [-0.25, -0.2) is 14.3 Å². The first kappa shape index (κ1) is 39.0. The number of benzene rings is 2. The Morgan fingerprint density at radius 2 is 1.54 bits per heavy atom. The van der Waals surface area contributed by atoms with Crippen molar-refractivity contribution in [2.75, 3.05) is 23.3 Å². The lowest BCUT2D eigenvalue weighted by Crippen LogP contribution is -2.35. The van der Waals surface area contributed by atoms with Crippen molar-refractivity contribution in [1.29, 1.82) is 0 Å². The van der Waals surface area contributed by atoms with Gasteiger partial charge in [0.15, 0.2) is 11.5 Å². The molecule has 4 aromatic rings. The van der Waals surface area contributed by atoms with Crippen molar-refractivity contribution in [1.82, 2.24) is 14.6 Å². The van der Waals surface area contributed by atoms with Crippen LogP contribution in [0.25, 0.3) is 5.65 Å². The molecule has 1 aliphatic heterocycles. The molecule has 2 aromatic carbocycles. The zero-order valence-corrected chi connectivity index (χ0v) is 25.8. The molecule has 10 nitrogen and oxygen atoms in total. The number of aryl methyl sites for hydroxylation is 1. The van der Waals surface area contributed by atoms with E-state index in [9.17, 15) is 31.1 Å². The summed E-state index contributed by atoms with van der Waals surface area (Å²) in [5.41, 5.74) is 4.01. The van der Waals surface area contributed by atoms with E-state index in [1.807, 2.05) is 36.4 Å². The van der Waals surface area contributed by atoms with Crippen LogP contribution in [0.2, 0.25) is 0 Å². The van der Waals surface area contributed by atoms with Gasteiger partial charge in [-0.2, -0.15) is 26.3 Å². The highest BCUT2D eigenvalue weighted by atomic mass is 19.4. The van der Waals surface area contributed by atoms with Gasteiger partial charge >= 0.3 is 18.8 Å². The lowest BCUT2D eigenvalue weighted by atomic mass is 9.90. The zero-order chi connectivity index (χ0) is 35.7. The number of rotatable bonds is 7. The quantitative estimate of drug-likeness (QED) is 0.141. The molecular formula is C32H35F6N5O5. The highest BCUT2D eigenvalue weighted by Gasteiger charge is 2.38. The van der Waals surface area contributed by atoms with Crippen molar-refractivity contribution in [3.8, 4) is 0 Å². The maximum absolute atomic E-state index is 12.6. The number of carboxylic acids is 1. The monoisotopic (exact) mass is 683 g/mol. The number of nitrogens with zero attached hydrogens (tertiary/aromatic N) is 4. The molecule has 48 heavy (non-hydrogen) atoms. The third-order valence-electron chi connectivity index (χ3n) is 6.85. The maximum Gasteiger partial charge on any atom is 0.490 e. The highest BCUT2D eigenvalue weighted by molar-refractivity contribution is 6.03. The summed E-state index contributed by atoms with van der Waals surface area (Å²) >= 11 is 0. The molecule has 5 rings (SSSR count). The van der Waals surface area contributed by atoms with Crippen LogP contribution in [0, 0.1) is 5.92 Å². The number of nitrogens with one attached hydrogen (secondary N) is 1. The first-order chi connectivity index (χ1) is 22.8. The molecule has 16 heteroatoms. The number of alkyl halides is 6. The predicted molar refractivity (Wildman–Crippen MR) is 166 cm³/mol. The minimum atomic E-state index is -5.08. The molecule has 1 fully saturated rings. The molecule has 1 aliphatic rings. The summed E-state index contributed by atoms with van der Waals surface area (Å²) in [6.45, 7) is 0.238. The largest absolute Gasteiger partial charge is 0.490 e. The zero-order valence-electron chi connectivity index (χ0n) is 25.8. The topological polar surface area (TPSA) is 137 Å². The average Bonchev–Trinajstić information content (AvgIpc) is 3.44. The van der Waals surface area contributed by atoms with E-state index in [2.05, 4.69) is 52.5 Å². The summed E-state index contributed by atoms with van der Waals surface area (Å²) in [5.74, 6) is -0.741. The van der Waals surface area contributed by atoms with Gasteiger partial charge in [0, 0.05) is 18.7 Å². The predicted octanol–water partition coefficient (Wildman–Crippen LogP) is 6.91. The van der Waals surface area contributed by atoms with E-state index in [-0.39, 0.29) is 12.4 Å². The first-order valence-electron chi connectivity index (χ1n) is 14.6. The average molecular weight is 684 g/mol. The van der Waals surface area contributed by atoms with Crippen LogP contribution in [-0.4, -0.2) is 69.1 Å². The van der Waals surface area contributed by atoms with E-state index in [1.54, 1.807) is 10.7 Å². The molecule has 3 heterocycles. The Bertz CT molecular complexity index is 1560. The number of imidazole rings is 1. The number of anilines is 2. The minimum Gasteiger partial charge on any atom is -0.483 e. The minimum absolute atomic E-state index is 0.160. The van der Waals surface area contributed by atoms with Crippen LogP contribution in [0.4, 0.5) is 38.0 Å². The van der Waals surface area contributed by atoms with Gasteiger partial charge in [0.05, 0.1) is 6.20 Å². The Labute approximate surface area is 272 Å². The molecule has 0 saturated carbocycles. The molecule has 0 unspecified atom stereocenters. The standard InChI is InChI=1S/C28H31N5O.C2HF3O2.CHF3.CH2O2/c1-2-6-21-9-11-24(12-10-21)28(34)30-25-20-33-26(29-25)13-14-27(31-33)32-17-15-23(16-18-32)19-22-7-4-3-5-8-22;3-2(4,5)1(6)7;2-1(3)4;2-1-3/h3-5,7-14,20,23H,2,6,15-19H2,1H3,(H,30,34);(H,6,7);1H;1H,(H,2,3). The fourth-order valence-corrected chi connectivity index (χ4v) is 4.71. The number of hydrogen-bond donors (Lipinski definition) is 3. The van der Waals surface area contributed by atoms with Gasteiger partial charge in [0.2, 0.25) is 0 Å². The Morgan fingerprint density at radius 3 is 2.06 bits per heavy atom. The number of carboxylic acid groups (broad SMARTS) is 2. The van der Waals surface area contributed by atoms with Gasteiger partial charge in [-0.15, -0.1) is 5.10 Å². The molecule has 0 radical (unpaired) electrons. The van der Waals surface area contributed by atoms with Gasteiger partial charge in [0.1, 0.15) is 5.82 Å². The molecule has 3 N–H and O–H groups in total. The van der Waals surface area contributed by atoms with Crippen molar-refractivity contribution >= 4 is 35.6 Å². The second-order valence-electron chi connectivity index (χ2n) is 10.3. The van der Waals surface area contributed by atoms with Crippen molar-refractivity contribution < 1.29 is 50.9 Å². The Hall–Kier alpha value is -5.15. The Balaban J connectivity index is 0.000000486. The molecule has 0 bridgehead atoms. The number of carbonyl (C=O) groups is 3. The number of hydrogen-bond acceptors (Lipinski definition) is 6. The number of carbonyl (C=O) groups excluding carboxylic acids is 1. The van der Waals surface area contributed by atoms with Gasteiger partial charge in [-0.05, 0) is 67.0 Å². The summed E-state index contributed by atoms with van der Waals surface area (Å²) in [7, 11) is 0. The summed E-state index contributed by atoms with van der Waals surface area (Å²) in [4.78, 5) is 36.8. The molecule has 0 spiro atoms. The van der Waals surface area contributed by atoms with Crippen LogP contribution >= 0.6 is 0 Å². The summed E-state index contributed by atoms with van der Waals surface area (Å²) in [6, 6.07) is 22.5.